The fourth-order valence-corrected chi connectivity index (χ4v) is 1.99. The number of benzene rings is 1. The third-order valence-electron chi connectivity index (χ3n) is 2.77. The second-order valence-corrected chi connectivity index (χ2v) is 3.87. The molecule has 0 spiro atoms. The van der Waals surface area contributed by atoms with E-state index in [1.54, 1.807) is 0 Å². The van der Waals surface area contributed by atoms with Crippen molar-refractivity contribution < 1.29 is 9.47 Å². The molecule has 0 N–H and O–H groups in total. The van der Waals surface area contributed by atoms with Gasteiger partial charge in [-0.25, -0.2) is 4.99 Å². The lowest BCUT2D eigenvalue weighted by molar-refractivity contribution is -0.110. The van der Waals surface area contributed by atoms with E-state index in [1.807, 2.05) is 30.3 Å². The summed E-state index contributed by atoms with van der Waals surface area (Å²) in [6.45, 7) is 0.790. The zero-order chi connectivity index (χ0) is 10.1. The molecule has 0 aromatic heterocycles. The molecule has 2 aliphatic rings. The van der Waals surface area contributed by atoms with E-state index >= 15 is 0 Å². The maximum Gasteiger partial charge on any atom is 0.224 e. The zero-order valence-corrected chi connectivity index (χ0v) is 8.43. The summed E-state index contributed by atoms with van der Waals surface area (Å²) < 4.78 is 11.2. The molecule has 0 amide bonds. The van der Waals surface area contributed by atoms with Crippen LogP contribution < -0.4 is 0 Å². The molecule has 0 bridgehead atoms. The average Bonchev–Trinajstić information content (AvgIpc) is 2.74. The first-order chi connectivity index (χ1) is 7.43. The number of aliphatic imine (C=N–C) groups is 1. The van der Waals surface area contributed by atoms with Crippen LogP contribution in [-0.2, 0) is 9.47 Å². The molecule has 3 rings (SSSR count). The van der Waals surface area contributed by atoms with Gasteiger partial charge < -0.3 is 9.47 Å². The van der Waals surface area contributed by atoms with Gasteiger partial charge in [-0.05, 0) is 25.0 Å². The monoisotopic (exact) mass is 203 g/mol. The first-order valence-electron chi connectivity index (χ1n) is 5.35. The maximum atomic E-state index is 5.68. The van der Waals surface area contributed by atoms with Crippen LogP contribution in [0.1, 0.15) is 18.4 Å². The Bertz CT molecular complexity index is 374. The van der Waals surface area contributed by atoms with E-state index in [0.29, 0.717) is 0 Å². The van der Waals surface area contributed by atoms with Crippen molar-refractivity contribution in [2.24, 2.45) is 4.99 Å². The second-order valence-electron chi connectivity index (χ2n) is 3.87. The summed E-state index contributed by atoms with van der Waals surface area (Å²) in [6.07, 6.45) is 2.01. The van der Waals surface area contributed by atoms with Gasteiger partial charge in [-0.1, -0.05) is 18.2 Å². The van der Waals surface area contributed by atoms with Crippen LogP contribution in [0.25, 0.3) is 0 Å². The fourth-order valence-electron chi connectivity index (χ4n) is 1.99. The fraction of sp³-hybridized carbons (Fsp3) is 0.417. The molecule has 0 radical (unpaired) electrons. The molecule has 3 heteroatoms. The highest BCUT2D eigenvalue weighted by molar-refractivity contribution is 5.95. The molecule has 0 aliphatic carbocycles. The molecule has 3 nitrogen and oxygen atoms in total. The quantitative estimate of drug-likeness (QED) is 0.698. The number of rotatable bonds is 1. The number of hydrogen-bond acceptors (Lipinski definition) is 3. The van der Waals surface area contributed by atoms with Crippen molar-refractivity contribution in [2.45, 2.75) is 25.2 Å². The van der Waals surface area contributed by atoms with Gasteiger partial charge in [0.25, 0.3) is 0 Å². The number of nitrogens with zero attached hydrogens (tertiary/aromatic N) is 1. The van der Waals surface area contributed by atoms with Gasteiger partial charge >= 0.3 is 0 Å². The molecule has 2 heterocycles. The maximum absolute atomic E-state index is 5.68. The lowest BCUT2D eigenvalue weighted by Gasteiger charge is -2.22. The van der Waals surface area contributed by atoms with E-state index in [9.17, 15) is 0 Å². The summed E-state index contributed by atoms with van der Waals surface area (Å²) in [5.74, 6) is 0.729. The van der Waals surface area contributed by atoms with Gasteiger partial charge in [-0.3, -0.25) is 0 Å². The average molecular weight is 203 g/mol. The van der Waals surface area contributed by atoms with E-state index in [2.05, 4.69) is 4.99 Å². The van der Waals surface area contributed by atoms with Crippen molar-refractivity contribution in [3.63, 3.8) is 0 Å². The highest BCUT2D eigenvalue weighted by Gasteiger charge is 2.34. The normalized spacial score (nSPS) is 29.2. The molecular weight excluding hydrogens is 190 g/mol. The molecule has 2 aliphatic heterocycles. The lowest BCUT2D eigenvalue weighted by Crippen LogP contribution is -2.30. The summed E-state index contributed by atoms with van der Waals surface area (Å²) in [6, 6.07) is 10.2. The van der Waals surface area contributed by atoms with Gasteiger partial charge in [0.05, 0.1) is 6.61 Å². The second kappa shape index (κ2) is 3.66. The Morgan fingerprint density at radius 2 is 2.07 bits per heavy atom. The minimum Gasteiger partial charge on any atom is -0.445 e. The van der Waals surface area contributed by atoms with E-state index in [1.165, 1.54) is 0 Å². The summed E-state index contributed by atoms with van der Waals surface area (Å²) in [7, 11) is 0. The zero-order valence-electron chi connectivity index (χ0n) is 8.43. The minimum absolute atomic E-state index is 0.144. The highest BCUT2D eigenvalue weighted by atomic mass is 16.7. The van der Waals surface area contributed by atoms with Crippen LogP contribution in [0, 0.1) is 0 Å². The Kier molecular flexibility index (Phi) is 2.18. The predicted molar refractivity (Wildman–Crippen MR) is 56.8 cm³/mol. The van der Waals surface area contributed by atoms with Crippen LogP contribution >= 0.6 is 0 Å². The molecule has 1 aromatic carbocycles. The molecule has 15 heavy (non-hydrogen) atoms. The molecule has 2 atom stereocenters. The van der Waals surface area contributed by atoms with Crippen LogP contribution in [0.3, 0.4) is 0 Å². The first-order valence-corrected chi connectivity index (χ1v) is 5.35. The van der Waals surface area contributed by atoms with Crippen molar-refractivity contribution in [1.82, 2.24) is 0 Å². The summed E-state index contributed by atoms with van der Waals surface area (Å²) in [4.78, 5) is 4.55. The Morgan fingerprint density at radius 3 is 2.87 bits per heavy atom. The van der Waals surface area contributed by atoms with Gasteiger partial charge in [0.2, 0.25) is 12.2 Å². The van der Waals surface area contributed by atoms with Crippen LogP contribution in [0.5, 0.6) is 0 Å². The predicted octanol–water partition coefficient (Wildman–Crippen LogP) is 1.97. The highest BCUT2D eigenvalue weighted by Crippen LogP contribution is 2.25. The molecular formula is C12H13NO2. The Balaban J connectivity index is 1.84. The van der Waals surface area contributed by atoms with E-state index in [4.69, 9.17) is 9.47 Å². The Hall–Kier alpha value is -1.35. The molecule has 1 aromatic rings. The summed E-state index contributed by atoms with van der Waals surface area (Å²) >= 11 is 0. The summed E-state index contributed by atoms with van der Waals surface area (Å²) in [5, 5.41) is 0. The Morgan fingerprint density at radius 1 is 1.20 bits per heavy atom. The van der Waals surface area contributed by atoms with Crippen molar-refractivity contribution in [3.05, 3.63) is 35.9 Å². The Labute approximate surface area is 88.7 Å². The molecule has 0 saturated carbocycles. The molecule has 1 fully saturated rings. The van der Waals surface area contributed by atoms with Crippen LogP contribution in [-0.4, -0.2) is 24.8 Å². The van der Waals surface area contributed by atoms with Crippen LogP contribution in [0.2, 0.25) is 0 Å². The molecule has 2 unspecified atom stereocenters. The largest absolute Gasteiger partial charge is 0.445 e. The van der Waals surface area contributed by atoms with Crippen molar-refractivity contribution in [2.75, 3.05) is 6.61 Å². The van der Waals surface area contributed by atoms with Crippen LogP contribution in [0.4, 0.5) is 0 Å². The van der Waals surface area contributed by atoms with Gasteiger partial charge in [-0.15, -0.1) is 0 Å². The van der Waals surface area contributed by atoms with Gasteiger partial charge in [0, 0.05) is 5.56 Å². The third kappa shape index (κ3) is 1.63. The van der Waals surface area contributed by atoms with Crippen molar-refractivity contribution >= 4 is 5.90 Å². The molecule has 78 valence electrons. The third-order valence-corrected chi connectivity index (χ3v) is 2.77. The standard InChI is InChI=1S/C12H13NO2/c1-2-5-9(6-3-1)11-13-10-7-4-8-14-12(10)15-11/h1-3,5-6,10,12H,4,7-8H2. The van der Waals surface area contributed by atoms with Crippen molar-refractivity contribution in [1.29, 1.82) is 0 Å². The van der Waals surface area contributed by atoms with E-state index < -0.39 is 0 Å². The van der Waals surface area contributed by atoms with E-state index in [-0.39, 0.29) is 12.3 Å². The molecule has 1 saturated heterocycles. The lowest BCUT2D eigenvalue weighted by atomic mass is 10.1. The number of hydrogen-bond donors (Lipinski definition) is 0. The van der Waals surface area contributed by atoms with Gasteiger partial charge in [0.1, 0.15) is 6.04 Å². The topological polar surface area (TPSA) is 30.8 Å². The smallest absolute Gasteiger partial charge is 0.224 e. The SMILES string of the molecule is c1ccc(C2=NC3CCCOC3O2)cc1. The number of fused-ring (bicyclic) bond motifs is 1. The van der Waals surface area contributed by atoms with Crippen LogP contribution in [0.15, 0.2) is 35.3 Å². The van der Waals surface area contributed by atoms with E-state index in [0.717, 1.165) is 30.9 Å². The van der Waals surface area contributed by atoms with Gasteiger partial charge in [0.15, 0.2) is 0 Å². The minimum atomic E-state index is -0.144. The van der Waals surface area contributed by atoms with Crippen molar-refractivity contribution in [3.8, 4) is 0 Å². The first kappa shape index (κ1) is 8.92. The summed E-state index contributed by atoms with van der Waals surface area (Å²) in [5.41, 5.74) is 1.04. The van der Waals surface area contributed by atoms with Gasteiger partial charge in [-0.2, -0.15) is 0 Å². The number of ether oxygens (including phenoxy) is 2.